The van der Waals surface area contributed by atoms with E-state index in [1.807, 2.05) is 11.4 Å². The summed E-state index contributed by atoms with van der Waals surface area (Å²) in [5, 5.41) is 15.5. The highest BCUT2D eigenvalue weighted by molar-refractivity contribution is 7.10. The maximum atomic E-state index is 10.0. The summed E-state index contributed by atoms with van der Waals surface area (Å²) in [6.45, 7) is 3.55. The van der Waals surface area contributed by atoms with E-state index in [-0.39, 0.29) is 0 Å². The summed E-state index contributed by atoms with van der Waals surface area (Å²) in [6, 6.07) is 1.28. The van der Waals surface area contributed by atoms with Crippen LogP contribution in [-0.4, -0.2) is 16.8 Å². The van der Waals surface area contributed by atoms with Gasteiger partial charge < -0.3 is 9.84 Å². The maximum absolute atomic E-state index is 10.0. The minimum Gasteiger partial charge on any atom is -0.484 e. The molecule has 6 heteroatoms. The molecular weight excluding hydrogens is 214 g/mol. The Morgan fingerprint density at radius 1 is 1.67 bits per heavy atom. The normalized spacial score (nSPS) is 27.4. The average molecular weight is 225 g/mol. The molecule has 2 heterocycles. The standard InChI is InChI=1S/C9H11N3O2S/c1-9(2)8(13)6(11-12-10)7-5(14-9)3-4-15-7/h3-4,6,8,13H,1-2H3/t6-,8+/m1/s1. The zero-order chi connectivity index (χ0) is 11.1. The second-order valence-corrected chi connectivity index (χ2v) is 4.90. The Balaban J connectivity index is 2.50. The number of aliphatic hydroxyl groups is 1. The predicted octanol–water partition coefficient (Wildman–Crippen LogP) is 2.63. The molecule has 1 N–H and O–H groups in total. The maximum Gasteiger partial charge on any atom is 0.134 e. The lowest BCUT2D eigenvalue weighted by Gasteiger charge is -2.38. The largest absolute Gasteiger partial charge is 0.484 e. The quantitative estimate of drug-likeness (QED) is 0.453. The first-order valence-electron chi connectivity index (χ1n) is 4.55. The molecule has 5 nitrogen and oxygen atoms in total. The van der Waals surface area contributed by atoms with E-state index in [4.69, 9.17) is 10.3 Å². The fourth-order valence-corrected chi connectivity index (χ4v) is 2.53. The molecule has 2 atom stereocenters. The predicted molar refractivity (Wildman–Crippen MR) is 56.9 cm³/mol. The van der Waals surface area contributed by atoms with Crippen molar-refractivity contribution in [3.8, 4) is 5.75 Å². The van der Waals surface area contributed by atoms with Crippen molar-refractivity contribution in [1.29, 1.82) is 0 Å². The summed E-state index contributed by atoms with van der Waals surface area (Å²) in [6.07, 6.45) is -0.820. The lowest BCUT2D eigenvalue weighted by atomic mass is 9.91. The molecule has 80 valence electrons. The monoisotopic (exact) mass is 225 g/mol. The number of nitrogens with zero attached hydrogens (tertiary/aromatic N) is 3. The Hall–Kier alpha value is -1.23. The van der Waals surface area contributed by atoms with Gasteiger partial charge in [0.25, 0.3) is 0 Å². The number of hydrogen-bond donors (Lipinski definition) is 1. The van der Waals surface area contributed by atoms with Crippen LogP contribution in [0.3, 0.4) is 0 Å². The third kappa shape index (κ3) is 1.56. The van der Waals surface area contributed by atoms with Crippen LogP contribution in [0.25, 0.3) is 10.4 Å². The molecule has 0 aromatic carbocycles. The van der Waals surface area contributed by atoms with Crippen molar-refractivity contribution < 1.29 is 9.84 Å². The average Bonchev–Trinajstić information content (AvgIpc) is 2.59. The number of thiophene rings is 1. The summed E-state index contributed by atoms with van der Waals surface area (Å²) < 4.78 is 5.63. The van der Waals surface area contributed by atoms with Gasteiger partial charge in [-0.25, -0.2) is 0 Å². The zero-order valence-electron chi connectivity index (χ0n) is 8.41. The lowest BCUT2D eigenvalue weighted by molar-refractivity contribution is -0.0555. The van der Waals surface area contributed by atoms with E-state index in [0.717, 1.165) is 4.88 Å². The van der Waals surface area contributed by atoms with Gasteiger partial charge in [-0.15, -0.1) is 11.3 Å². The highest BCUT2D eigenvalue weighted by Gasteiger charge is 2.43. The van der Waals surface area contributed by atoms with Crippen molar-refractivity contribution >= 4 is 11.3 Å². The van der Waals surface area contributed by atoms with Crippen LogP contribution in [0, 0.1) is 0 Å². The molecule has 15 heavy (non-hydrogen) atoms. The van der Waals surface area contributed by atoms with Crippen LogP contribution in [0.4, 0.5) is 0 Å². The molecule has 1 aromatic rings. The number of azide groups is 1. The second-order valence-electron chi connectivity index (χ2n) is 3.95. The van der Waals surface area contributed by atoms with Gasteiger partial charge in [-0.05, 0) is 30.8 Å². The Morgan fingerprint density at radius 3 is 3.07 bits per heavy atom. The van der Waals surface area contributed by atoms with Gasteiger partial charge in [0.05, 0.1) is 4.88 Å². The van der Waals surface area contributed by atoms with Crippen LogP contribution in [0.2, 0.25) is 0 Å². The summed E-state index contributed by atoms with van der Waals surface area (Å²) in [5.74, 6) is 0.702. The summed E-state index contributed by atoms with van der Waals surface area (Å²) in [4.78, 5) is 3.56. The summed E-state index contributed by atoms with van der Waals surface area (Å²) >= 11 is 1.43. The molecule has 0 spiro atoms. The van der Waals surface area contributed by atoms with Crippen molar-refractivity contribution in [3.63, 3.8) is 0 Å². The molecule has 2 rings (SSSR count). The first-order chi connectivity index (χ1) is 7.06. The van der Waals surface area contributed by atoms with Gasteiger partial charge in [0.15, 0.2) is 0 Å². The molecule has 0 saturated carbocycles. The van der Waals surface area contributed by atoms with Gasteiger partial charge in [-0.2, -0.15) is 0 Å². The first-order valence-corrected chi connectivity index (χ1v) is 5.43. The van der Waals surface area contributed by atoms with Crippen LogP contribution in [0.1, 0.15) is 24.8 Å². The molecule has 1 aliphatic rings. The number of fused-ring (bicyclic) bond motifs is 1. The Morgan fingerprint density at radius 2 is 2.40 bits per heavy atom. The van der Waals surface area contributed by atoms with Crippen molar-refractivity contribution in [2.24, 2.45) is 5.11 Å². The topological polar surface area (TPSA) is 78.2 Å². The molecule has 0 bridgehead atoms. The van der Waals surface area contributed by atoms with Crippen molar-refractivity contribution in [1.82, 2.24) is 0 Å². The molecule has 1 aliphatic heterocycles. The summed E-state index contributed by atoms with van der Waals surface area (Å²) in [7, 11) is 0. The van der Waals surface area contributed by atoms with Crippen LogP contribution < -0.4 is 4.74 Å². The highest BCUT2D eigenvalue weighted by atomic mass is 32.1. The molecule has 0 radical (unpaired) electrons. The first kappa shape index (κ1) is 10.3. The molecule has 0 fully saturated rings. The Labute approximate surface area is 90.9 Å². The van der Waals surface area contributed by atoms with Crippen molar-refractivity contribution in [3.05, 3.63) is 26.8 Å². The number of rotatable bonds is 1. The molecule has 0 unspecified atom stereocenters. The Kier molecular flexibility index (Phi) is 2.34. The minimum absolute atomic E-state index is 0.547. The van der Waals surface area contributed by atoms with Gasteiger partial charge in [0, 0.05) is 4.91 Å². The van der Waals surface area contributed by atoms with Gasteiger partial charge in [-0.1, -0.05) is 5.11 Å². The third-order valence-corrected chi connectivity index (χ3v) is 3.46. The van der Waals surface area contributed by atoms with E-state index < -0.39 is 17.7 Å². The fraction of sp³-hybridized carbons (Fsp3) is 0.556. The van der Waals surface area contributed by atoms with Crippen LogP contribution in [0.15, 0.2) is 16.6 Å². The van der Waals surface area contributed by atoms with E-state index in [1.54, 1.807) is 13.8 Å². The Bertz CT molecular complexity index is 423. The number of hydrogen-bond acceptors (Lipinski definition) is 4. The molecular formula is C9H11N3O2S. The smallest absolute Gasteiger partial charge is 0.134 e. The van der Waals surface area contributed by atoms with Crippen molar-refractivity contribution in [2.45, 2.75) is 31.6 Å². The van der Waals surface area contributed by atoms with Gasteiger partial charge in [0.2, 0.25) is 0 Å². The highest BCUT2D eigenvalue weighted by Crippen LogP contribution is 2.44. The summed E-state index contributed by atoms with van der Waals surface area (Å²) in [5.41, 5.74) is 7.75. The number of aliphatic hydroxyl groups excluding tert-OH is 1. The van der Waals surface area contributed by atoms with E-state index >= 15 is 0 Å². The third-order valence-electron chi connectivity index (χ3n) is 2.49. The van der Waals surface area contributed by atoms with E-state index in [1.165, 1.54) is 11.3 Å². The zero-order valence-corrected chi connectivity index (χ0v) is 9.23. The van der Waals surface area contributed by atoms with Gasteiger partial charge in [0.1, 0.15) is 23.5 Å². The molecule has 0 aliphatic carbocycles. The molecule has 1 aromatic heterocycles. The minimum atomic E-state index is -0.820. The second kappa shape index (κ2) is 3.41. The van der Waals surface area contributed by atoms with Crippen LogP contribution >= 0.6 is 11.3 Å². The van der Waals surface area contributed by atoms with Crippen molar-refractivity contribution in [2.75, 3.05) is 0 Å². The fourth-order valence-electron chi connectivity index (χ4n) is 1.65. The lowest BCUT2D eigenvalue weighted by Crippen LogP contribution is -2.47. The van der Waals surface area contributed by atoms with E-state index in [0.29, 0.717) is 5.75 Å². The van der Waals surface area contributed by atoms with Gasteiger partial charge >= 0.3 is 0 Å². The van der Waals surface area contributed by atoms with Crippen LogP contribution in [0.5, 0.6) is 5.75 Å². The SMILES string of the molecule is CC1(C)Oc2ccsc2[C@@H](N=[N+]=[N-])[C@@H]1O. The van der Waals surface area contributed by atoms with E-state index in [9.17, 15) is 5.11 Å². The number of ether oxygens (including phenoxy) is 1. The van der Waals surface area contributed by atoms with E-state index in [2.05, 4.69) is 10.0 Å². The molecule has 0 amide bonds. The molecule has 0 saturated heterocycles. The van der Waals surface area contributed by atoms with Gasteiger partial charge in [-0.3, -0.25) is 0 Å². The van der Waals surface area contributed by atoms with Crippen LogP contribution in [-0.2, 0) is 0 Å².